The second-order valence-electron chi connectivity index (χ2n) is 8.18. The summed E-state index contributed by atoms with van der Waals surface area (Å²) in [4.78, 5) is 14.3. The molecule has 1 atom stereocenters. The first-order chi connectivity index (χ1) is 13.4. The lowest BCUT2D eigenvalue weighted by Crippen LogP contribution is -2.35. The first kappa shape index (κ1) is 20.4. The smallest absolute Gasteiger partial charge is 0.274 e. The molecule has 1 aliphatic carbocycles. The quantitative estimate of drug-likeness (QED) is 0.797. The maximum atomic E-state index is 12.7. The van der Waals surface area contributed by atoms with Crippen LogP contribution in [0.15, 0.2) is 24.3 Å². The zero-order chi connectivity index (χ0) is 20.3. The topological polar surface area (TPSA) is 59.4 Å². The zero-order valence-corrected chi connectivity index (χ0v) is 17.7. The summed E-state index contributed by atoms with van der Waals surface area (Å²) in [7, 11) is 5.28. The number of fused-ring (bicyclic) bond motifs is 1. The molecule has 2 aromatic rings. The summed E-state index contributed by atoms with van der Waals surface area (Å²) < 4.78 is 7.52. The Morgan fingerprint density at radius 2 is 2.11 bits per heavy atom. The van der Waals surface area contributed by atoms with Crippen LogP contribution in [0, 0.1) is 5.92 Å². The molecule has 0 bridgehead atoms. The van der Waals surface area contributed by atoms with E-state index in [1.54, 1.807) is 26.1 Å². The number of nitrogens with zero attached hydrogens (tertiary/aromatic N) is 3. The van der Waals surface area contributed by atoms with Crippen molar-refractivity contribution >= 4 is 5.91 Å². The number of hydrogen-bond donors (Lipinski definition) is 1. The molecule has 3 rings (SSSR count). The lowest BCUT2D eigenvalue weighted by molar-refractivity contribution is 0.0819. The molecule has 0 saturated heterocycles. The fraction of sp³-hybridized carbons (Fsp3) is 0.545. The molecule has 28 heavy (non-hydrogen) atoms. The second-order valence-corrected chi connectivity index (χ2v) is 8.18. The van der Waals surface area contributed by atoms with E-state index in [9.17, 15) is 4.79 Å². The molecule has 0 saturated carbocycles. The lowest BCUT2D eigenvalue weighted by Gasteiger charge is -2.25. The van der Waals surface area contributed by atoms with Gasteiger partial charge in [-0.05, 0) is 31.2 Å². The van der Waals surface area contributed by atoms with Crippen molar-refractivity contribution in [1.29, 1.82) is 0 Å². The number of carbonyl (C=O) groups is 1. The van der Waals surface area contributed by atoms with Gasteiger partial charge in [-0.15, -0.1) is 0 Å². The number of rotatable bonds is 7. The standard InChI is InChI=1S/C22H32N4O2/c1-15(2)14-26-19-11-10-17(12-18(19)21(24-26)22(27)25(3)4)23-13-16-8-6-7-9-20(16)28-5/h6-9,15,17,23H,10-14H2,1-5H3/t17-/m1/s1. The number of aromatic nitrogens is 2. The summed E-state index contributed by atoms with van der Waals surface area (Å²) in [5.74, 6) is 1.39. The van der Waals surface area contributed by atoms with Crippen LogP contribution >= 0.6 is 0 Å². The summed E-state index contributed by atoms with van der Waals surface area (Å²) in [5, 5.41) is 8.37. The number of methoxy groups -OCH3 is 1. The van der Waals surface area contributed by atoms with Crippen LogP contribution < -0.4 is 10.1 Å². The Bertz CT molecular complexity index is 826. The molecular weight excluding hydrogens is 352 g/mol. The molecule has 1 aromatic heterocycles. The Morgan fingerprint density at radius 1 is 1.36 bits per heavy atom. The van der Waals surface area contributed by atoms with Gasteiger partial charge in [0.1, 0.15) is 5.75 Å². The Labute approximate surface area is 167 Å². The van der Waals surface area contributed by atoms with Crippen LogP contribution in [-0.2, 0) is 25.9 Å². The minimum atomic E-state index is -0.0101. The van der Waals surface area contributed by atoms with E-state index in [0.717, 1.165) is 49.2 Å². The van der Waals surface area contributed by atoms with Crippen LogP contribution in [0.2, 0.25) is 0 Å². The van der Waals surface area contributed by atoms with E-state index in [-0.39, 0.29) is 5.91 Å². The van der Waals surface area contributed by atoms with Gasteiger partial charge in [0, 0.05) is 50.0 Å². The Balaban J connectivity index is 1.79. The number of para-hydroxylation sites is 1. The van der Waals surface area contributed by atoms with Crippen LogP contribution in [0.4, 0.5) is 0 Å². The highest BCUT2D eigenvalue weighted by molar-refractivity contribution is 5.93. The van der Waals surface area contributed by atoms with Crippen molar-refractivity contribution in [3.63, 3.8) is 0 Å². The predicted octanol–water partition coefficient (Wildman–Crippen LogP) is 2.90. The number of ether oxygens (including phenoxy) is 1. The van der Waals surface area contributed by atoms with Crippen molar-refractivity contribution in [3.05, 3.63) is 46.8 Å². The molecule has 0 aliphatic heterocycles. The van der Waals surface area contributed by atoms with Gasteiger partial charge in [-0.1, -0.05) is 32.0 Å². The van der Waals surface area contributed by atoms with Gasteiger partial charge >= 0.3 is 0 Å². The van der Waals surface area contributed by atoms with Gasteiger partial charge in [0.05, 0.1) is 7.11 Å². The largest absolute Gasteiger partial charge is 0.496 e. The number of amides is 1. The van der Waals surface area contributed by atoms with Gasteiger partial charge in [0.15, 0.2) is 5.69 Å². The molecular formula is C22H32N4O2. The van der Waals surface area contributed by atoms with E-state index in [1.165, 1.54) is 5.69 Å². The van der Waals surface area contributed by atoms with E-state index in [1.807, 2.05) is 18.2 Å². The molecule has 1 heterocycles. The van der Waals surface area contributed by atoms with E-state index in [2.05, 4.69) is 29.9 Å². The number of hydrogen-bond acceptors (Lipinski definition) is 4. The van der Waals surface area contributed by atoms with E-state index in [4.69, 9.17) is 9.84 Å². The van der Waals surface area contributed by atoms with E-state index in [0.29, 0.717) is 17.7 Å². The average molecular weight is 385 g/mol. The molecule has 6 heteroatoms. The van der Waals surface area contributed by atoms with Crippen molar-refractivity contribution in [2.45, 2.75) is 52.2 Å². The number of nitrogens with one attached hydrogen (secondary N) is 1. The van der Waals surface area contributed by atoms with Crippen molar-refractivity contribution in [3.8, 4) is 5.75 Å². The molecule has 0 fully saturated rings. The highest BCUT2D eigenvalue weighted by atomic mass is 16.5. The second kappa shape index (κ2) is 8.78. The molecule has 0 spiro atoms. The highest BCUT2D eigenvalue weighted by Gasteiger charge is 2.29. The molecule has 1 aliphatic rings. The summed E-state index contributed by atoms with van der Waals surface area (Å²) in [5.41, 5.74) is 4.11. The van der Waals surface area contributed by atoms with Gasteiger partial charge in [-0.3, -0.25) is 9.48 Å². The maximum Gasteiger partial charge on any atom is 0.274 e. The molecule has 1 aromatic carbocycles. The number of benzene rings is 1. The minimum absolute atomic E-state index is 0.0101. The minimum Gasteiger partial charge on any atom is -0.496 e. The summed E-state index contributed by atoms with van der Waals surface area (Å²) >= 11 is 0. The SMILES string of the molecule is COc1ccccc1CN[C@@H]1CCc2c(c(C(=O)N(C)C)nn2CC(C)C)C1. The Hall–Kier alpha value is -2.34. The third-order valence-corrected chi connectivity index (χ3v) is 5.27. The molecule has 152 valence electrons. The van der Waals surface area contributed by atoms with E-state index >= 15 is 0 Å². The molecule has 0 unspecified atom stereocenters. The zero-order valence-electron chi connectivity index (χ0n) is 17.7. The van der Waals surface area contributed by atoms with Gasteiger partial charge in [0.25, 0.3) is 5.91 Å². The van der Waals surface area contributed by atoms with Gasteiger partial charge in [-0.25, -0.2) is 0 Å². The van der Waals surface area contributed by atoms with Gasteiger partial charge < -0.3 is 15.0 Å². The summed E-state index contributed by atoms with van der Waals surface area (Å²) in [6.45, 7) is 5.97. The predicted molar refractivity (Wildman–Crippen MR) is 111 cm³/mol. The van der Waals surface area contributed by atoms with Gasteiger partial charge in [0.2, 0.25) is 0 Å². The highest BCUT2D eigenvalue weighted by Crippen LogP contribution is 2.27. The molecule has 1 amide bonds. The summed E-state index contributed by atoms with van der Waals surface area (Å²) in [6, 6.07) is 8.41. The average Bonchev–Trinajstić information content (AvgIpc) is 3.02. The van der Waals surface area contributed by atoms with Crippen molar-refractivity contribution in [2.24, 2.45) is 5.92 Å². The third-order valence-electron chi connectivity index (χ3n) is 5.27. The van der Waals surface area contributed by atoms with Crippen LogP contribution in [0.5, 0.6) is 5.75 Å². The molecule has 0 radical (unpaired) electrons. The Morgan fingerprint density at radius 3 is 2.79 bits per heavy atom. The van der Waals surface area contributed by atoms with Crippen LogP contribution in [0.25, 0.3) is 0 Å². The molecule has 1 N–H and O–H groups in total. The Kier molecular flexibility index (Phi) is 6.39. The van der Waals surface area contributed by atoms with Crippen LogP contribution in [0.1, 0.15) is 47.6 Å². The monoisotopic (exact) mass is 384 g/mol. The van der Waals surface area contributed by atoms with Gasteiger partial charge in [-0.2, -0.15) is 5.10 Å². The first-order valence-electron chi connectivity index (χ1n) is 10.1. The third kappa shape index (κ3) is 4.38. The van der Waals surface area contributed by atoms with Crippen LogP contribution in [0.3, 0.4) is 0 Å². The van der Waals surface area contributed by atoms with Crippen molar-refractivity contribution in [2.75, 3.05) is 21.2 Å². The number of carbonyl (C=O) groups excluding carboxylic acids is 1. The summed E-state index contributed by atoms with van der Waals surface area (Å²) in [6.07, 6.45) is 2.82. The van der Waals surface area contributed by atoms with E-state index < -0.39 is 0 Å². The fourth-order valence-corrected chi connectivity index (χ4v) is 3.85. The van der Waals surface area contributed by atoms with Crippen molar-refractivity contribution in [1.82, 2.24) is 20.0 Å². The van der Waals surface area contributed by atoms with Crippen molar-refractivity contribution < 1.29 is 9.53 Å². The fourth-order valence-electron chi connectivity index (χ4n) is 3.85. The lowest BCUT2D eigenvalue weighted by atomic mass is 9.90. The molecule has 6 nitrogen and oxygen atoms in total. The normalized spacial score (nSPS) is 16.1. The first-order valence-corrected chi connectivity index (χ1v) is 10.1. The van der Waals surface area contributed by atoms with Crippen LogP contribution in [-0.4, -0.2) is 47.8 Å². The maximum absolute atomic E-state index is 12.7.